The molecular formula is C29H23N5OS. The molecule has 0 spiro atoms. The van der Waals surface area contributed by atoms with Gasteiger partial charge >= 0.3 is 0 Å². The van der Waals surface area contributed by atoms with Crippen LogP contribution in [0.3, 0.4) is 0 Å². The molecule has 1 atom stereocenters. The molecule has 0 aliphatic carbocycles. The molecule has 5 rings (SSSR count). The molecule has 0 saturated heterocycles. The predicted octanol–water partition coefficient (Wildman–Crippen LogP) is 6.19. The summed E-state index contributed by atoms with van der Waals surface area (Å²) in [5.74, 6) is 7.62. The topological polar surface area (TPSA) is 87.5 Å². The SMILES string of the molecule is CC#C[C@@H](Cc1nn[nH]n1)c1ccc(OCc2ccc3sc(C#N)c(-c4ccccc4C)c3c2)cc1. The quantitative estimate of drug-likeness (QED) is 0.275. The minimum absolute atomic E-state index is 0.0168. The number of thiophene rings is 1. The Morgan fingerprint density at radius 3 is 2.64 bits per heavy atom. The third-order valence-electron chi connectivity index (χ3n) is 6.05. The number of benzene rings is 3. The van der Waals surface area contributed by atoms with Gasteiger partial charge in [0.2, 0.25) is 0 Å². The normalized spacial score (nSPS) is 11.5. The number of H-pyrrole nitrogens is 1. The number of nitrogens with zero attached hydrogens (tertiary/aromatic N) is 4. The summed E-state index contributed by atoms with van der Waals surface area (Å²) in [7, 11) is 0. The van der Waals surface area contributed by atoms with E-state index in [0.717, 1.165) is 48.5 Å². The van der Waals surface area contributed by atoms with Gasteiger partial charge in [0, 0.05) is 22.1 Å². The first-order valence-electron chi connectivity index (χ1n) is 11.5. The molecule has 0 saturated carbocycles. The fourth-order valence-electron chi connectivity index (χ4n) is 4.28. The molecule has 0 radical (unpaired) electrons. The second kappa shape index (κ2) is 10.4. The second-order valence-corrected chi connectivity index (χ2v) is 9.45. The highest BCUT2D eigenvalue weighted by Gasteiger charge is 2.16. The lowest BCUT2D eigenvalue weighted by Gasteiger charge is -2.11. The Bertz CT molecular complexity index is 1600. The second-order valence-electron chi connectivity index (χ2n) is 8.40. The third-order valence-corrected chi connectivity index (χ3v) is 7.13. The molecule has 0 unspecified atom stereocenters. The number of hydrogen-bond donors (Lipinski definition) is 1. The summed E-state index contributed by atoms with van der Waals surface area (Å²) in [4.78, 5) is 0.735. The molecule has 176 valence electrons. The molecule has 5 aromatic rings. The standard InChI is InChI=1S/C29H23N5OS/c1-3-6-22(16-28-31-33-34-32-28)21-10-12-23(13-11-21)35-18-20-9-14-26-25(15-20)29(27(17-30)36-26)24-8-5-4-7-19(24)2/h4-5,7-15,22H,16,18H2,1-2H3,(H,31,32,33,34)/t22-/m0/s1. The van der Waals surface area contributed by atoms with Gasteiger partial charge in [-0.2, -0.15) is 10.5 Å². The average molecular weight is 490 g/mol. The van der Waals surface area contributed by atoms with E-state index in [4.69, 9.17) is 4.74 Å². The van der Waals surface area contributed by atoms with Crippen LogP contribution in [0.4, 0.5) is 0 Å². The number of fused-ring (bicyclic) bond motifs is 1. The Morgan fingerprint density at radius 2 is 1.92 bits per heavy atom. The van der Waals surface area contributed by atoms with Crippen molar-refractivity contribution < 1.29 is 4.74 Å². The maximum atomic E-state index is 9.78. The Balaban J connectivity index is 1.35. The van der Waals surface area contributed by atoms with Crippen molar-refractivity contribution in [2.24, 2.45) is 0 Å². The van der Waals surface area contributed by atoms with Gasteiger partial charge in [0.25, 0.3) is 0 Å². The summed E-state index contributed by atoms with van der Waals surface area (Å²) in [6.45, 7) is 4.34. The fourth-order valence-corrected chi connectivity index (χ4v) is 5.27. The molecular weight excluding hydrogens is 466 g/mol. The zero-order valence-corrected chi connectivity index (χ0v) is 20.8. The largest absolute Gasteiger partial charge is 0.489 e. The molecule has 0 aliphatic rings. The molecule has 2 heterocycles. The molecule has 1 N–H and O–H groups in total. The smallest absolute Gasteiger partial charge is 0.176 e. The van der Waals surface area contributed by atoms with Gasteiger partial charge in [0.05, 0.1) is 5.92 Å². The van der Waals surface area contributed by atoms with Crippen LogP contribution in [-0.2, 0) is 13.0 Å². The zero-order valence-electron chi connectivity index (χ0n) is 19.9. The van der Waals surface area contributed by atoms with E-state index in [2.05, 4.69) is 75.8 Å². The van der Waals surface area contributed by atoms with E-state index in [1.807, 2.05) is 43.3 Å². The molecule has 0 aliphatic heterocycles. The van der Waals surface area contributed by atoms with Crippen LogP contribution >= 0.6 is 11.3 Å². The summed E-state index contributed by atoms with van der Waals surface area (Å²) in [5, 5.41) is 25.1. The molecule has 0 bridgehead atoms. The van der Waals surface area contributed by atoms with Crippen molar-refractivity contribution in [3.63, 3.8) is 0 Å². The van der Waals surface area contributed by atoms with Crippen molar-refractivity contribution in [3.05, 3.63) is 94.1 Å². The lowest BCUT2D eigenvalue weighted by molar-refractivity contribution is 0.306. The number of hydrogen-bond acceptors (Lipinski definition) is 6. The Labute approximate surface area is 213 Å². The molecule has 3 aromatic carbocycles. The van der Waals surface area contributed by atoms with Gasteiger partial charge in [0.15, 0.2) is 5.82 Å². The van der Waals surface area contributed by atoms with Gasteiger partial charge in [-0.05, 0) is 60.4 Å². The van der Waals surface area contributed by atoms with E-state index in [-0.39, 0.29) is 5.92 Å². The first-order valence-corrected chi connectivity index (χ1v) is 12.4. The van der Waals surface area contributed by atoms with Crippen molar-refractivity contribution in [2.45, 2.75) is 32.8 Å². The Kier molecular flexibility index (Phi) is 6.75. The number of ether oxygens (including phenoxy) is 1. The highest BCUT2D eigenvalue weighted by molar-refractivity contribution is 7.20. The third kappa shape index (κ3) is 4.84. The zero-order chi connectivity index (χ0) is 24.9. The number of aromatic amines is 1. The average Bonchev–Trinajstić information content (AvgIpc) is 3.55. The fraction of sp³-hybridized carbons (Fsp3) is 0.172. The first kappa shape index (κ1) is 23.3. The van der Waals surface area contributed by atoms with Gasteiger partial charge in [-0.25, -0.2) is 0 Å². The van der Waals surface area contributed by atoms with Gasteiger partial charge in [-0.1, -0.05) is 53.6 Å². The maximum Gasteiger partial charge on any atom is 0.176 e. The predicted molar refractivity (Wildman–Crippen MR) is 142 cm³/mol. The van der Waals surface area contributed by atoms with Crippen LogP contribution in [0.2, 0.25) is 0 Å². The van der Waals surface area contributed by atoms with E-state index in [1.165, 1.54) is 11.3 Å². The Hall–Kier alpha value is -4.46. The van der Waals surface area contributed by atoms with Crippen LogP contribution in [0.15, 0.2) is 66.7 Å². The number of tetrazole rings is 1. The summed E-state index contributed by atoms with van der Waals surface area (Å²) in [6.07, 6.45) is 0.589. The molecule has 2 aromatic heterocycles. The summed E-state index contributed by atoms with van der Waals surface area (Å²) in [6, 6.07) is 24.9. The molecule has 0 fully saturated rings. The lowest BCUT2D eigenvalue weighted by Crippen LogP contribution is -2.03. The number of aryl methyl sites for hydroxylation is 1. The van der Waals surface area contributed by atoms with Gasteiger partial charge in [-0.3, -0.25) is 0 Å². The van der Waals surface area contributed by atoms with Crippen LogP contribution in [0.25, 0.3) is 21.2 Å². The summed E-state index contributed by atoms with van der Waals surface area (Å²) < 4.78 is 7.21. The highest BCUT2D eigenvalue weighted by atomic mass is 32.1. The lowest BCUT2D eigenvalue weighted by atomic mass is 9.96. The van der Waals surface area contributed by atoms with Crippen LogP contribution in [0.1, 0.15) is 40.2 Å². The summed E-state index contributed by atoms with van der Waals surface area (Å²) in [5.41, 5.74) is 5.38. The number of nitrogens with one attached hydrogen (secondary N) is 1. The van der Waals surface area contributed by atoms with Crippen molar-refractivity contribution in [3.8, 4) is 34.8 Å². The van der Waals surface area contributed by atoms with E-state index in [0.29, 0.717) is 18.9 Å². The number of nitriles is 1. The minimum Gasteiger partial charge on any atom is -0.489 e. The van der Waals surface area contributed by atoms with Gasteiger partial charge in [0.1, 0.15) is 23.3 Å². The van der Waals surface area contributed by atoms with E-state index in [1.54, 1.807) is 0 Å². The van der Waals surface area contributed by atoms with E-state index >= 15 is 0 Å². The minimum atomic E-state index is -0.0168. The van der Waals surface area contributed by atoms with Crippen LogP contribution < -0.4 is 4.74 Å². The monoisotopic (exact) mass is 489 g/mol. The molecule has 6 nitrogen and oxygen atoms in total. The number of rotatable bonds is 7. The van der Waals surface area contributed by atoms with Crippen molar-refractivity contribution in [1.82, 2.24) is 20.6 Å². The summed E-state index contributed by atoms with van der Waals surface area (Å²) >= 11 is 1.53. The van der Waals surface area contributed by atoms with Crippen LogP contribution in [0.5, 0.6) is 5.75 Å². The van der Waals surface area contributed by atoms with Crippen molar-refractivity contribution in [1.29, 1.82) is 5.26 Å². The van der Waals surface area contributed by atoms with Crippen LogP contribution in [-0.4, -0.2) is 20.6 Å². The van der Waals surface area contributed by atoms with Crippen molar-refractivity contribution in [2.75, 3.05) is 0 Å². The maximum absolute atomic E-state index is 9.78. The van der Waals surface area contributed by atoms with Gasteiger partial charge < -0.3 is 4.74 Å². The first-order chi connectivity index (χ1) is 17.7. The highest BCUT2D eigenvalue weighted by Crippen LogP contribution is 2.40. The Morgan fingerprint density at radius 1 is 1.08 bits per heavy atom. The molecule has 0 amide bonds. The van der Waals surface area contributed by atoms with Crippen molar-refractivity contribution >= 4 is 21.4 Å². The number of aromatic nitrogens is 4. The van der Waals surface area contributed by atoms with E-state index < -0.39 is 0 Å². The van der Waals surface area contributed by atoms with E-state index in [9.17, 15) is 5.26 Å². The molecule has 7 heteroatoms. The van der Waals surface area contributed by atoms with Crippen LogP contribution in [0, 0.1) is 30.1 Å². The van der Waals surface area contributed by atoms with Gasteiger partial charge in [-0.15, -0.1) is 27.5 Å². The molecule has 36 heavy (non-hydrogen) atoms.